The lowest BCUT2D eigenvalue weighted by atomic mass is 9.80. The first-order valence-corrected chi connectivity index (χ1v) is 7.82. The van der Waals surface area contributed by atoms with Crippen molar-refractivity contribution < 1.29 is 9.13 Å². The van der Waals surface area contributed by atoms with Crippen LogP contribution in [-0.2, 0) is 0 Å². The first-order valence-electron chi connectivity index (χ1n) is 7.04. The van der Waals surface area contributed by atoms with Crippen LogP contribution in [0.5, 0.6) is 5.75 Å². The number of fused-ring (bicyclic) bond motifs is 4. The standard InChI is InChI=1S/C15H18ClFN2OS/c1-7(2)19-14(21)18-13-8(3)15(19,4)20-10-6-5-9(16)12(17)11(10)13/h5-8,13H,1-4H3,(H,18,21). The molecule has 3 atom stereocenters. The highest BCUT2D eigenvalue weighted by molar-refractivity contribution is 7.80. The van der Waals surface area contributed by atoms with Crippen molar-refractivity contribution in [3.05, 3.63) is 28.5 Å². The van der Waals surface area contributed by atoms with Crippen molar-refractivity contribution in [3.8, 4) is 5.75 Å². The highest BCUT2D eigenvalue weighted by Gasteiger charge is 2.54. The zero-order valence-corrected chi connectivity index (χ0v) is 14.0. The lowest BCUT2D eigenvalue weighted by Gasteiger charge is -2.57. The fourth-order valence-corrected chi connectivity index (χ4v) is 4.10. The predicted molar refractivity (Wildman–Crippen MR) is 85.1 cm³/mol. The lowest BCUT2D eigenvalue weighted by molar-refractivity contribution is -0.122. The van der Waals surface area contributed by atoms with Gasteiger partial charge in [0.05, 0.1) is 16.6 Å². The molecule has 21 heavy (non-hydrogen) atoms. The quantitative estimate of drug-likeness (QED) is 0.791. The highest BCUT2D eigenvalue weighted by atomic mass is 35.5. The lowest BCUT2D eigenvalue weighted by Crippen LogP contribution is -2.70. The van der Waals surface area contributed by atoms with Gasteiger partial charge in [-0.2, -0.15) is 0 Å². The molecule has 1 fully saturated rings. The van der Waals surface area contributed by atoms with Gasteiger partial charge in [-0.25, -0.2) is 4.39 Å². The minimum absolute atomic E-state index is 0.0204. The first-order chi connectivity index (χ1) is 9.77. The molecular weight excluding hydrogens is 311 g/mol. The van der Waals surface area contributed by atoms with Gasteiger partial charge in [0.25, 0.3) is 0 Å². The van der Waals surface area contributed by atoms with Gasteiger partial charge < -0.3 is 15.0 Å². The molecule has 1 aromatic rings. The van der Waals surface area contributed by atoms with Gasteiger partial charge >= 0.3 is 0 Å². The second-order valence-corrected chi connectivity index (χ2v) is 6.90. The molecule has 0 radical (unpaired) electrons. The Bertz CT molecular complexity index is 624. The fourth-order valence-electron chi connectivity index (χ4n) is 3.42. The zero-order valence-electron chi connectivity index (χ0n) is 12.4. The van der Waals surface area contributed by atoms with E-state index in [0.29, 0.717) is 16.4 Å². The number of thiocarbonyl (C=S) groups is 1. The Morgan fingerprint density at radius 2 is 2.14 bits per heavy atom. The minimum Gasteiger partial charge on any atom is -0.467 e. The van der Waals surface area contributed by atoms with E-state index in [4.69, 9.17) is 28.6 Å². The van der Waals surface area contributed by atoms with Crippen LogP contribution < -0.4 is 10.1 Å². The summed E-state index contributed by atoms with van der Waals surface area (Å²) in [6, 6.07) is 3.20. The summed E-state index contributed by atoms with van der Waals surface area (Å²) in [6.45, 7) is 8.17. The number of benzene rings is 1. The molecule has 114 valence electrons. The van der Waals surface area contributed by atoms with Gasteiger partial charge in [-0.05, 0) is 45.1 Å². The van der Waals surface area contributed by atoms with Gasteiger partial charge in [0, 0.05) is 12.0 Å². The van der Waals surface area contributed by atoms with Crippen LogP contribution in [0.3, 0.4) is 0 Å². The maximum atomic E-state index is 14.4. The summed E-state index contributed by atoms with van der Waals surface area (Å²) in [5.41, 5.74) is -0.132. The third kappa shape index (κ3) is 1.94. The molecule has 0 spiro atoms. The normalized spacial score (nSPS) is 30.8. The number of rotatable bonds is 1. The molecule has 2 bridgehead atoms. The Labute approximate surface area is 134 Å². The second-order valence-electron chi connectivity index (χ2n) is 6.11. The highest BCUT2D eigenvalue weighted by Crippen LogP contribution is 2.50. The molecule has 3 rings (SSSR count). The van der Waals surface area contributed by atoms with E-state index in [1.54, 1.807) is 6.07 Å². The monoisotopic (exact) mass is 328 g/mol. The average molecular weight is 329 g/mol. The Kier molecular flexibility index (Phi) is 3.33. The van der Waals surface area contributed by atoms with E-state index in [1.807, 2.05) is 18.7 Å². The van der Waals surface area contributed by atoms with Crippen molar-refractivity contribution >= 4 is 28.9 Å². The van der Waals surface area contributed by atoms with Crippen molar-refractivity contribution in [1.29, 1.82) is 0 Å². The molecule has 0 saturated carbocycles. The predicted octanol–water partition coefficient (Wildman–Crippen LogP) is 3.86. The molecule has 2 aliphatic heterocycles. The van der Waals surface area contributed by atoms with Gasteiger partial charge in [0.1, 0.15) is 5.75 Å². The zero-order chi connectivity index (χ0) is 15.5. The van der Waals surface area contributed by atoms with E-state index >= 15 is 0 Å². The Hall–Kier alpha value is -1.07. The average Bonchev–Trinajstić information content (AvgIpc) is 2.37. The number of halogens is 2. The molecule has 1 N–H and O–H groups in total. The van der Waals surface area contributed by atoms with Gasteiger partial charge in [0.15, 0.2) is 16.7 Å². The van der Waals surface area contributed by atoms with E-state index in [9.17, 15) is 4.39 Å². The topological polar surface area (TPSA) is 24.5 Å². The third-order valence-corrected chi connectivity index (χ3v) is 5.16. The van der Waals surface area contributed by atoms with Crippen LogP contribution in [0, 0.1) is 11.7 Å². The molecule has 0 aromatic heterocycles. The summed E-state index contributed by atoms with van der Waals surface area (Å²) in [5.74, 6) is 0.122. The molecule has 3 unspecified atom stereocenters. The summed E-state index contributed by atoms with van der Waals surface area (Å²) in [7, 11) is 0. The van der Waals surface area contributed by atoms with Crippen LogP contribution in [0.15, 0.2) is 12.1 Å². The number of nitrogens with zero attached hydrogens (tertiary/aromatic N) is 1. The third-order valence-electron chi connectivity index (χ3n) is 4.56. The number of hydrogen-bond acceptors (Lipinski definition) is 2. The van der Waals surface area contributed by atoms with E-state index in [-0.39, 0.29) is 23.0 Å². The van der Waals surface area contributed by atoms with Crippen LogP contribution in [0.2, 0.25) is 5.02 Å². The van der Waals surface area contributed by atoms with Gasteiger partial charge in [-0.15, -0.1) is 0 Å². The second kappa shape index (κ2) is 4.71. The Morgan fingerprint density at radius 3 is 2.76 bits per heavy atom. The largest absolute Gasteiger partial charge is 0.467 e. The molecule has 2 heterocycles. The summed E-state index contributed by atoms with van der Waals surface area (Å²) < 4.78 is 20.6. The van der Waals surface area contributed by atoms with Crippen molar-refractivity contribution in [2.24, 2.45) is 5.92 Å². The number of hydrogen-bond donors (Lipinski definition) is 1. The summed E-state index contributed by atoms with van der Waals surface area (Å²) >= 11 is 11.4. The van der Waals surface area contributed by atoms with Crippen LogP contribution >= 0.6 is 23.8 Å². The number of nitrogens with one attached hydrogen (secondary N) is 1. The smallest absolute Gasteiger partial charge is 0.187 e. The van der Waals surface area contributed by atoms with Crippen molar-refractivity contribution in [1.82, 2.24) is 10.2 Å². The first kappa shape index (κ1) is 14.9. The van der Waals surface area contributed by atoms with E-state index in [1.165, 1.54) is 6.07 Å². The maximum absolute atomic E-state index is 14.4. The number of ether oxygens (including phenoxy) is 1. The Morgan fingerprint density at radius 1 is 1.48 bits per heavy atom. The van der Waals surface area contributed by atoms with Crippen molar-refractivity contribution in [3.63, 3.8) is 0 Å². The van der Waals surface area contributed by atoms with Crippen molar-refractivity contribution in [2.75, 3.05) is 0 Å². The van der Waals surface area contributed by atoms with E-state index in [0.717, 1.165) is 0 Å². The van der Waals surface area contributed by atoms with Crippen LogP contribution in [0.1, 0.15) is 39.3 Å². The Balaban J connectivity index is 2.19. The van der Waals surface area contributed by atoms with E-state index < -0.39 is 11.5 Å². The molecular formula is C15H18ClFN2OS. The molecule has 1 aromatic carbocycles. The summed E-state index contributed by atoms with van der Waals surface area (Å²) in [5, 5.41) is 3.94. The van der Waals surface area contributed by atoms with Gasteiger partial charge in [-0.3, -0.25) is 0 Å². The SMILES string of the molecule is CC(C)N1C(=S)NC2c3c(ccc(Cl)c3F)OC1(C)C2C. The van der Waals surface area contributed by atoms with Crippen LogP contribution in [0.25, 0.3) is 0 Å². The summed E-state index contributed by atoms with van der Waals surface area (Å²) in [6.07, 6.45) is 0. The molecule has 1 saturated heterocycles. The summed E-state index contributed by atoms with van der Waals surface area (Å²) in [4.78, 5) is 2.04. The minimum atomic E-state index is -0.603. The molecule has 0 amide bonds. The van der Waals surface area contributed by atoms with Gasteiger partial charge in [0.2, 0.25) is 0 Å². The molecule has 0 aliphatic carbocycles. The molecule has 3 nitrogen and oxygen atoms in total. The van der Waals surface area contributed by atoms with E-state index in [2.05, 4.69) is 19.2 Å². The van der Waals surface area contributed by atoms with Crippen LogP contribution in [-0.4, -0.2) is 21.8 Å². The fraction of sp³-hybridized carbons (Fsp3) is 0.533. The molecule has 6 heteroatoms. The van der Waals surface area contributed by atoms with Crippen molar-refractivity contribution in [2.45, 2.75) is 45.5 Å². The molecule has 2 aliphatic rings. The van der Waals surface area contributed by atoms with Gasteiger partial charge in [-0.1, -0.05) is 18.5 Å². The maximum Gasteiger partial charge on any atom is 0.187 e. The van der Waals surface area contributed by atoms with Crippen LogP contribution in [0.4, 0.5) is 4.39 Å².